The lowest BCUT2D eigenvalue weighted by molar-refractivity contribution is -0.137. The molecule has 2 aromatic heterocycles. The minimum Gasteiger partial charge on any atom is -0.306 e. The Morgan fingerprint density at radius 1 is 1.45 bits per heavy atom. The van der Waals surface area contributed by atoms with Crippen LogP contribution in [0.4, 0.5) is 13.2 Å². The van der Waals surface area contributed by atoms with E-state index in [4.69, 9.17) is 0 Å². The van der Waals surface area contributed by atoms with Gasteiger partial charge in [0.15, 0.2) is 5.01 Å². The summed E-state index contributed by atoms with van der Waals surface area (Å²) in [5.74, 6) is 0. The molecule has 1 atom stereocenters. The van der Waals surface area contributed by atoms with Crippen molar-refractivity contribution in [1.82, 2.24) is 10.3 Å². The summed E-state index contributed by atoms with van der Waals surface area (Å²) in [5.41, 5.74) is 0.952. The molecule has 0 fully saturated rings. The average molecular weight is 385 g/mol. The van der Waals surface area contributed by atoms with Gasteiger partial charge in [-0.1, -0.05) is 6.92 Å². The van der Waals surface area contributed by atoms with Crippen LogP contribution >= 0.6 is 38.6 Å². The van der Waals surface area contributed by atoms with Crippen molar-refractivity contribution < 1.29 is 13.2 Å². The number of thiazole rings is 1. The zero-order valence-corrected chi connectivity index (χ0v) is 13.7. The minimum atomic E-state index is -4.38. The Balaban J connectivity index is 2.29. The first-order valence-electron chi connectivity index (χ1n) is 5.92. The number of hydrogen-bond donors (Lipinski definition) is 1. The lowest BCUT2D eigenvalue weighted by Crippen LogP contribution is -2.21. The molecular formula is C12H12BrF3N2S2. The van der Waals surface area contributed by atoms with Gasteiger partial charge in [-0.05, 0) is 45.9 Å². The van der Waals surface area contributed by atoms with Crippen molar-refractivity contribution in [2.45, 2.75) is 25.6 Å². The zero-order valence-electron chi connectivity index (χ0n) is 10.5. The largest absolute Gasteiger partial charge is 0.443 e. The molecule has 0 saturated heterocycles. The molecule has 0 amide bonds. The summed E-state index contributed by atoms with van der Waals surface area (Å²) < 4.78 is 38.9. The van der Waals surface area contributed by atoms with Crippen molar-refractivity contribution in [3.63, 3.8) is 0 Å². The fraction of sp³-hybridized carbons (Fsp3) is 0.417. The minimum absolute atomic E-state index is 0.244. The van der Waals surface area contributed by atoms with E-state index in [1.807, 2.05) is 18.4 Å². The van der Waals surface area contributed by atoms with E-state index < -0.39 is 11.2 Å². The standard InChI is InChI=1S/C12H12BrF3N2S2/c1-2-3-17-10(7-4-9(13)19-6-7)8-5-18-11(20-8)12(14,15)16/h4-6,10,17H,2-3H2,1H3. The molecule has 0 aliphatic heterocycles. The first kappa shape index (κ1) is 15.9. The Bertz CT molecular complexity index is 565. The Kier molecular flexibility index (Phi) is 5.22. The molecule has 1 unspecified atom stereocenters. The number of aromatic nitrogens is 1. The second-order valence-corrected chi connectivity index (χ2v) is 7.49. The average Bonchev–Trinajstić information content (AvgIpc) is 2.99. The highest BCUT2D eigenvalue weighted by Gasteiger charge is 2.35. The Hall–Kier alpha value is -0.440. The van der Waals surface area contributed by atoms with E-state index in [1.54, 1.807) is 0 Å². The predicted octanol–water partition coefficient (Wildman–Crippen LogP) is 5.07. The van der Waals surface area contributed by atoms with Crippen LogP contribution in [-0.4, -0.2) is 11.5 Å². The summed E-state index contributed by atoms with van der Waals surface area (Å²) in [6, 6.07) is 1.68. The van der Waals surface area contributed by atoms with Gasteiger partial charge in [-0.15, -0.1) is 22.7 Å². The molecule has 2 aromatic rings. The van der Waals surface area contributed by atoms with Gasteiger partial charge >= 0.3 is 6.18 Å². The predicted molar refractivity (Wildman–Crippen MR) is 79.3 cm³/mol. The number of nitrogens with one attached hydrogen (secondary N) is 1. The van der Waals surface area contributed by atoms with Crippen LogP contribution in [-0.2, 0) is 6.18 Å². The van der Waals surface area contributed by atoms with E-state index in [9.17, 15) is 13.2 Å². The maximum absolute atomic E-state index is 12.6. The number of nitrogens with zero attached hydrogens (tertiary/aromatic N) is 1. The number of hydrogen-bond acceptors (Lipinski definition) is 4. The van der Waals surface area contributed by atoms with Crippen LogP contribution in [0, 0.1) is 0 Å². The molecule has 0 aliphatic rings. The maximum atomic E-state index is 12.6. The number of halogens is 4. The topological polar surface area (TPSA) is 24.9 Å². The molecule has 0 aliphatic carbocycles. The van der Waals surface area contributed by atoms with Crippen LogP contribution in [0.3, 0.4) is 0 Å². The first-order valence-corrected chi connectivity index (χ1v) is 8.41. The fourth-order valence-corrected chi connectivity index (χ4v) is 3.79. The summed E-state index contributed by atoms with van der Waals surface area (Å²) in [7, 11) is 0. The van der Waals surface area contributed by atoms with Crippen molar-refractivity contribution in [3.8, 4) is 0 Å². The van der Waals surface area contributed by atoms with Crippen molar-refractivity contribution in [3.05, 3.63) is 36.9 Å². The molecule has 8 heteroatoms. The van der Waals surface area contributed by atoms with Crippen LogP contribution in [0.25, 0.3) is 0 Å². The smallest absolute Gasteiger partial charge is 0.306 e. The van der Waals surface area contributed by atoms with Crippen LogP contribution in [0.2, 0.25) is 0 Å². The van der Waals surface area contributed by atoms with E-state index in [0.717, 1.165) is 22.3 Å². The van der Waals surface area contributed by atoms with Gasteiger partial charge < -0.3 is 5.32 Å². The third-order valence-corrected chi connectivity index (χ3v) is 5.20. The highest BCUT2D eigenvalue weighted by molar-refractivity contribution is 9.11. The van der Waals surface area contributed by atoms with Gasteiger partial charge in [0.2, 0.25) is 0 Å². The molecule has 1 N–H and O–H groups in total. The summed E-state index contributed by atoms with van der Waals surface area (Å²) in [6.45, 7) is 2.75. The highest BCUT2D eigenvalue weighted by atomic mass is 79.9. The Labute approximate surface area is 131 Å². The van der Waals surface area contributed by atoms with E-state index in [1.165, 1.54) is 17.5 Å². The van der Waals surface area contributed by atoms with Crippen molar-refractivity contribution in [1.29, 1.82) is 0 Å². The van der Waals surface area contributed by atoms with Crippen molar-refractivity contribution in [2.24, 2.45) is 0 Å². The third kappa shape index (κ3) is 3.81. The monoisotopic (exact) mass is 384 g/mol. The molecule has 0 aromatic carbocycles. The van der Waals surface area contributed by atoms with Crippen molar-refractivity contribution in [2.75, 3.05) is 6.54 Å². The van der Waals surface area contributed by atoms with E-state index in [2.05, 4.69) is 26.2 Å². The van der Waals surface area contributed by atoms with Gasteiger partial charge in [0.25, 0.3) is 0 Å². The SMILES string of the molecule is CCCNC(c1csc(Br)c1)c1cnc(C(F)(F)F)s1. The zero-order chi connectivity index (χ0) is 14.8. The molecule has 110 valence electrons. The molecule has 2 heterocycles. The van der Waals surface area contributed by atoms with E-state index >= 15 is 0 Å². The number of thiophene rings is 1. The van der Waals surface area contributed by atoms with E-state index in [0.29, 0.717) is 16.2 Å². The molecule has 2 nitrogen and oxygen atoms in total. The van der Waals surface area contributed by atoms with Crippen molar-refractivity contribution >= 4 is 38.6 Å². The Morgan fingerprint density at radius 3 is 2.70 bits per heavy atom. The maximum Gasteiger partial charge on any atom is 0.443 e. The second kappa shape index (κ2) is 6.55. The molecule has 20 heavy (non-hydrogen) atoms. The van der Waals surface area contributed by atoms with Gasteiger partial charge in [-0.3, -0.25) is 0 Å². The molecule has 0 spiro atoms. The number of alkyl halides is 3. The first-order chi connectivity index (χ1) is 9.41. The van der Waals surface area contributed by atoms with Crippen LogP contribution < -0.4 is 5.32 Å². The van der Waals surface area contributed by atoms with Gasteiger partial charge in [0, 0.05) is 11.1 Å². The molecule has 0 bridgehead atoms. The van der Waals surface area contributed by atoms with Gasteiger partial charge in [-0.2, -0.15) is 13.2 Å². The molecular weight excluding hydrogens is 373 g/mol. The fourth-order valence-electron chi connectivity index (χ4n) is 1.70. The lowest BCUT2D eigenvalue weighted by atomic mass is 10.1. The quantitative estimate of drug-likeness (QED) is 0.777. The van der Waals surface area contributed by atoms with Crippen LogP contribution in [0.5, 0.6) is 0 Å². The van der Waals surface area contributed by atoms with Crippen LogP contribution in [0.1, 0.15) is 34.8 Å². The normalized spacial score (nSPS) is 13.7. The summed E-state index contributed by atoms with van der Waals surface area (Å²) >= 11 is 5.58. The van der Waals surface area contributed by atoms with Gasteiger partial charge in [-0.25, -0.2) is 4.98 Å². The highest BCUT2D eigenvalue weighted by Crippen LogP contribution is 2.37. The Morgan fingerprint density at radius 2 is 2.20 bits per heavy atom. The molecule has 0 saturated carbocycles. The van der Waals surface area contributed by atoms with Gasteiger partial charge in [0.1, 0.15) is 0 Å². The summed E-state index contributed by atoms with van der Waals surface area (Å²) in [5, 5.41) is 4.40. The third-order valence-electron chi connectivity index (χ3n) is 2.57. The second-order valence-electron chi connectivity index (χ2n) is 4.14. The number of rotatable bonds is 5. The molecule has 2 rings (SSSR count). The summed E-state index contributed by atoms with van der Waals surface area (Å²) in [6.07, 6.45) is -2.16. The lowest BCUT2D eigenvalue weighted by Gasteiger charge is -2.15. The van der Waals surface area contributed by atoms with E-state index in [-0.39, 0.29) is 6.04 Å². The van der Waals surface area contributed by atoms with Crippen LogP contribution in [0.15, 0.2) is 21.4 Å². The summed E-state index contributed by atoms with van der Waals surface area (Å²) in [4.78, 5) is 4.07. The van der Waals surface area contributed by atoms with Gasteiger partial charge in [0.05, 0.1) is 9.83 Å². The molecule has 0 radical (unpaired) electrons.